The molecule has 0 aromatic heterocycles. The number of rotatable bonds is 2. The summed E-state index contributed by atoms with van der Waals surface area (Å²) in [6.07, 6.45) is 0.490. The van der Waals surface area contributed by atoms with Crippen LogP contribution in [0.4, 0.5) is 10.1 Å². The molecule has 1 saturated heterocycles. The number of piperidine rings is 1. The van der Waals surface area contributed by atoms with Crippen LogP contribution in [-0.4, -0.2) is 24.3 Å². The van der Waals surface area contributed by atoms with Gasteiger partial charge in [0.05, 0.1) is 6.10 Å². The second-order valence-electron chi connectivity index (χ2n) is 4.80. The Balaban J connectivity index is 2.19. The summed E-state index contributed by atoms with van der Waals surface area (Å²) in [5.41, 5.74) is 7.21. The molecule has 0 radical (unpaired) electrons. The highest BCUT2D eigenvalue weighted by molar-refractivity contribution is 5.49. The number of hydrogen-bond acceptors (Lipinski definition) is 3. The van der Waals surface area contributed by atoms with E-state index in [1.165, 1.54) is 12.1 Å². The summed E-state index contributed by atoms with van der Waals surface area (Å²) >= 11 is 0. The van der Waals surface area contributed by atoms with E-state index in [1.807, 2.05) is 13.0 Å². The number of benzene rings is 1. The second-order valence-corrected chi connectivity index (χ2v) is 4.80. The van der Waals surface area contributed by atoms with E-state index < -0.39 is 0 Å². The average Bonchev–Trinajstić information content (AvgIpc) is 2.32. The molecule has 1 aliphatic rings. The van der Waals surface area contributed by atoms with Crippen LogP contribution in [0.3, 0.4) is 0 Å². The van der Waals surface area contributed by atoms with E-state index in [-0.39, 0.29) is 17.8 Å². The van der Waals surface area contributed by atoms with E-state index in [2.05, 4.69) is 4.90 Å². The molecule has 1 aromatic rings. The van der Waals surface area contributed by atoms with E-state index in [9.17, 15) is 9.50 Å². The topological polar surface area (TPSA) is 49.5 Å². The van der Waals surface area contributed by atoms with Crippen molar-refractivity contribution in [1.82, 2.24) is 0 Å². The zero-order valence-electron chi connectivity index (χ0n) is 10.1. The van der Waals surface area contributed by atoms with Crippen LogP contribution in [0.25, 0.3) is 0 Å². The van der Waals surface area contributed by atoms with Crippen molar-refractivity contribution in [3.63, 3.8) is 0 Å². The summed E-state index contributed by atoms with van der Waals surface area (Å²) < 4.78 is 13.4. The van der Waals surface area contributed by atoms with Gasteiger partial charge in [0, 0.05) is 25.3 Å². The van der Waals surface area contributed by atoms with Crippen molar-refractivity contribution >= 4 is 5.69 Å². The molecule has 0 saturated carbocycles. The zero-order chi connectivity index (χ0) is 12.4. The van der Waals surface area contributed by atoms with Crippen LogP contribution < -0.4 is 10.6 Å². The number of nitrogens with zero attached hydrogens (tertiary/aromatic N) is 1. The molecule has 0 aliphatic carbocycles. The van der Waals surface area contributed by atoms with E-state index in [0.29, 0.717) is 6.54 Å². The Bertz CT molecular complexity index is 397. The molecular formula is C13H19FN2O. The minimum atomic E-state index is -0.248. The highest BCUT2D eigenvalue weighted by Gasteiger charge is 2.24. The quantitative estimate of drug-likeness (QED) is 0.820. The molecule has 1 aromatic carbocycles. The van der Waals surface area contributed by atoms with Crippen LogP contribution in [0.5, 0.6) is 0 Å². The van der Waals surface area contributed by atoms with Crippen molar-refractivity contribution in [2.24, 2.45) is 11.7 Å². The maximum atomic E-state index is 13.4. The van der Waals surface area contributed by atoms with E-state index in [1.54, 1.807) is 0 Å². The fraction of sp³-hybridized carbons (Fsp3) is 0.538. The Kier molecular flexibility index (Phi) is 3.64. The van der Waals surface area contributed by atoms with Gasteiger partial charge in [0.15, 0.2) is 0 Å². The third kappa shape index (κ3) is 2.76. The normalized spacial score (nSPS) is 25.1. The first kappa shape index (κ1) is 12.3. The van der Waals surface area contributed by atoms with Gasteiger partial charge in [-0.05, 0) is 36.1 Å². The Morgan fingerprint density at radius 3 is 2.88 bits per heavy atom. The summed E-state index contributed by atoms with van der Waals surface area (Å²) in [4.78, 5) is 2.11. The molecule has 0 bridgehead atoms. The molecular weight excluding hydrogens is 219 g/mol. The van der Waals surface area contributed by atoms with Gasteiger partial charge in [-0.25, -0.2) is 4.39 Å². The summed E-state index contributed by atoms with van der Waals surface area (Å²) in [6, 6.07) is 4.92. The van der Waals surface area contributed by atoms with Crippen molar-refractivity contribution in [3.8, 4) is 0 Å². The van der Waals surface area contributed by atoms with Crippen LogP contribution in [0, 0.1) is 11.7 Å². The van der Waals surface area contributed by atoms with Gasteiger partial charge < -0.3 is 15.7 Å². The number of aliphatic hydroxyl groups excluding tert-OH is 1. The first-order valence-corrected chi connectivity index (χ1v) is 6.02. The summed E-state index contributed by atoms with van der Waals surface area (Å²) in [6.45, 7) is 3.88. The molecule has 2 unspecified atom stereocenters. The highest BCUT2D eigenvalue weighted by Crippen LogP contribution is 2.25. The Hall–Kier alpha value is -1.13. The molecule has 3 N–H and O–H groups in total. The van der Waals surface area contributed by atoms with Crippen molar-refractivity contribution in [1.29, 1.82) is 0 Å². The standard InChI is InChI=1S/C13H19FN2O/c1-9-8-16(3-2-13(9)17)12-5-10(7-15)4-11(14)6-12/h4-6,9,13,17H,2-3,7-8,15H2,1H3. The molecule has 0 spiro atoms. The zero-order valence-corrected chi connectivity index (χ0v) is 10.1. The molecule has 1 fully saturated rings. The lowest BCUT2D eigenvalue weighted by molar-refractivity contribution is 0.0971. The van der Waals surface area contributed by atoms with Gasteiger partial charge >= 0.3 is 0 Å². The minimum Gasteiger partial charge on any atom is -0.393 e. The fourth-order valence-electron chi connectivity index (χ4n) is 2.30. The Morgan fingerprint density at radius 2 is 2.24 bits per heavy atom. The summed E-state index contributed by atoms with van der Waals surface area (Å²) in [7, 11) is 0. The molecule has 94 valence electrons. The molecule has 1 heterocycles. The van der Waals surface area contributed by atoms with Crippen LogP contribution in [0.1, 0.15) is 18.9 Å². The Morgan fingerprint density at radius 1 is 1.47 bits per heavy atom. The van der Waals surface area contributed by atoms with E-state index in [0.717, 1.165) is 30.8 Å². The van der Waals surface area contributed by atoms with Crippen molar-refractivity contribution < 1.29 is 9.50 Å². The number of anilines is 1. The minimum absolute atomic E-state index is 0.216. The predicted molar refractivity (Wildman–Crippen MR) is 66.3 cm³/mol. The Labute approximate surface area is 101 Å². The molecule has 2 rings (SSSR count). The second kappa shape index (κ2) is 5.02. The average molecular weight is 238 g/mol. The lowest BCUT2D eigenvalue weighted by Gasteiger charge is -2.36. The smallest absolute Gasteiger partial charge is 0.125 e. The summed E-state index contributed by atoms with van der Waals surface area (Å²) in [5, 5.41) is 9.68. The molecule has 3 nitrogen and oxygen atoms in total. The molecule has 1 aliphatic heterocycles. The van der Waals surface area contributed by atoms with Crippen LogP contribution in [0.2, 0.25) is 0 Å². The van der Waals surface area contributed by atoms with Crippen molar-refractivity contribution in [2.75, 3.05) is 18.0 Å². The molecule has 4 heteroatoms. The molecule has 17 heavy (non-hydrogen) atoms. The van der Waals surface area contributed by atoms with Crippen LogP contribution in [0.15, 0.2) is 18.2 Å². The maximum absolute atomic E-state index is 13.4. The first-order chi connectivity index (χ1) is 8.10. The number of aliphatic hydroxyl groups is 1. The van der Waals surface area contributed by atoms with Gasteiger partial charge in [0.25, 0.3) is 0 Å². The monoisotopic (exact) mass is 238 g/mol. The molecule has 0 amide bonds. The van der Waals surface area contributed by atoms with E-state index >= 15 is 0 Å². The SMILES string of the molecule is CC1CN(c2cc(F)cc(CN)c2)CCC1O. The maximum Gasteiger partial charge on any atom is 0.125 e. The fourth-order valence-corrected chi connectivity index (χ4v) is 2.30. The largest absolute Gasteiger partial charge is 0.393 e. The van der Waals surface area contributed by atoms with Gasteiger partial charge in [-0.2, -0.15) is 0 Å². The number of hydrogen-bond donors (Lipinski definition) is 2. The van der Waals surface area contributed by atoms with Gasteiger partial charge in [-0.15, -0.1) is 0 Å². The van der Waals surface area contributed by atoms with Gasteiger partial charge in [0.2, 0.25) is 0 Å². The predicted octanol–water partition coefficient (Wildman–Crippen LogP) is 1.49. The third-order valence-electron chi connectivity index (χ3n) is 3.40. The van der Waals surface area contributed by atoms with Crippen LogP contribution in [-0.2, 0) is 6.54 Å². The third-order valence-corrected chi connectivity index (χ3v) is 3.40. The number of nitrogens with two attached hydrogens (primary N) is 1. The highest BCUT2D eigenvalue weighted by atomic mass is 19.1. The van der Waals surface area contributed by atoms with Crippen molar-refractivity contribution in [3.05, 3.63) is 29.6 Å². The van der Waals surface area contributed by atoms with E-state index in [4.69, 9.17) is 5.73 Å². The lowest BCUT2D eigenvalue weighted by atomic mass is 9.96. The lowest BCUT2D eigenvalue weighted by Crippen LogP contribution is -2.42. The van der Waals surface area contributed by atoms with Crippen LogP contribution >= 0.6 is 0 Å². The number of halogens is 1. The first-order valence-electron chi connectivity index (χ1n) is 6.02. The van der Waals surface area contributed by atoms with Gasteiger partial charge in [0.1, 0.15) is 5.82 Å². The summed E-state index contributed by atoms with van der Waals surface area (Å²) in [5.74, 6) is -0.0323. The van der Waals surface area contributed by atoms with Gasteiger partial charge in [-0.3, -0.25) is 0 Å². The van der Waals surface area contributed by atoms with Crippen molar-refractivity contribution in [2.45, 2.75) is 26.0 Å². The van der Waals surface area contributed by atoms with Gasteiger partial charge in [-0.1, -0.05) is 6.92 Å². The molecule has 2 atom stereocenters.